The highest BCUT2D eigenvalue weighted by Crippen LogP contribution is 2.43. The number of hydrogen-bond acceptors (Lipinski definition) is 5. The molecule has 1 aromatic rings. The topological polar surface area (TPSA) is 72.3 Å². The minimum atomic E-state index is -0.448. The van der Waals surface area contributed by atoms with Gasteiger partial charge in [0.25, 0.3) is 5.91 Å². The number of primary amides is 1. The summed E-state index contributed by atoms with van der Waals surface area (Å²) in [5, 5.41) is 1.05. The Balaban J connectivity index is 3.27. The van der Waals surface area contributed by atoms with E-state index in [4.69, 9.17) is 11.5 Å². The average Bonchev–Trinajstić information content (AvgIpc) is 2.58. The maximum absolute atomic E-state index is 11.2. The molecule has 0 saturated heterocycles. The van der Waals surface area contributed by atoms with Crippen molar-refractivity contribution in [2.24, 2.45) is 5.73 Å². The van der Waals surface area contributed by atoms with Gasteiger partial charge in [0.15, 0.2) is 0 Å². The molecule has 90 valence electrons. The fraction of sp³-hybridized carbons (Fsp3) is 0.500. The van der Waals surface area contributed by atoms with Crippen LogP contribution >= 0.6 is 23.1 Å². The van der Waals surface area contributed by atoms with Crippen LogP contribution in [-0.2, 0) is 0 Å². The number of carbonyl (C=O) groups excluding carboxylic acids is 1. The number of nitrogens with zero attached hydrogens (tertiary/aromatic N) is 1. The van der Waals surface area contributed by atoms with Crippen molar-refractivity contribution in [2.45, 2.75) is 18.7 Å². The third-order valence-corrected chi connectivity index (χ3v) is 4.59. The van der Waals surface area contributed by atoms with E-state index >= 15 is 0 Å². The van der Waals surface area contributed by atoms with Gasteiger partial charge in [-0.05, 0) is 20.1 Å². The lowest BCUT2D eigenvalue weighted by Gasteiger charge is -2.20. The number of thioether (sulfide) groups is 1. The van der Waals surface area contributed by atoms with Crippen LogP contribution in [0.1, 0.15) is 23.5 Å². The second-order valence-corrected chi connectivity index (χ2v) is 5.04. The number of anilines is 2. The molecule has 0 atom stereocenters. The summed E-state index contributed by atoms with van der Waals surface area (Å²) in [6.45, 7) is 5.94. The minimum absolute atomic E-state index is 0.448. The van der Waals surface area contributed by atoms with Gasteiger partial charge in [0.2, 0.25) is 0 Å². The van der Waals surface area contributed by atoms with E-state index in [2.05, 4.69) is 18.7 Å². The van der Waals surface area contributed by atoms with Crippen LogP contribution in [0.15, 0.2) is 4.90 Å². The Morgan fingerprint density at radius 1 is 1.44 bits per heavy atom. The van der Waals surface area contributed by atoms with E-state index in [1.807, 2.05) is 6.26 Å². The SMILES string of the molecule is CCN(CC)c1sc(C(N)=O)c(N)c1SC. The van der Waals surface area contributed by atoms with Crippen molar-refractivity contribution in [3.8, 4) is 0 Å². The molecule has 0 aliphatic heterocycles. The molecule has 16 heavy (non-hydrogen) atoms. The quantitative estimate of drug-likeness (QED) is 0.793. The molecule has 1 aromatic heterocycles. The van der Waals surface area contributed by atoms with Gasteiger partial charge in [0.05, 0.1) is 10.6 Å². The van der Waals surface area contributed by atoms with E-state index in [0.29, 0.717) is 10.6 Å². The van der Waals surface area contributed by atoms with E-state index in [9.17, 15) is 4.79 Å². The van der Waals surface area contributed by atoms with Crippen LogP contribution in [-0.4, -0.2) is 25.3 Å². The first kappa shape index (κ1) is 13.2. The van der Waals surface area contributed by atoms with E-state index in [1.54, 1.807) is 11.8 Å². The Morgan fingerprint density at radius 3 is 2.38 bits per heavy atom. The first-order valence-electron chi connectivity index (χ1n) is 5.07. The predicted molar refractivity (Wildman–Crippen MR) is 72.6 cm³/mol. The lowest BCUT2D eigenvalue weighted by Crippen LogP contribution is -2.21. The van der Waals surface area contributed by atoms with Crippen LogP contribution < -0.4 is 16.4 Å². The summed E-state index contributed by atoms with van der Waals surface area (Å²) in [4.78, 5) is 14.8. The molecule has 0 saturated carbocycles. The lowest BCUT2D eigenvalue weighted by molar-refractivity contribution is 0.100. The molecule has 0 radical (unpaired) electrons. The summed E-state index contributed by atoms with van der Waals surface area (Å²) >= 11 is 2.94. The second-order valence-electron chi connectivity index (χ2n) is 3.22. The first-order valence-corrected chi connectivity index (χ1v) is 7.11. The molecule has 1 amide bonds. The molecule has 1 rings (SSSR count). The van der Waals surface area contributed by atoms with Crippen LogP contribution in [0.5, 0.6) is 0 Å². The molecular weight excluding hydrogens is 242 g/mol. The van der Waals surface area contributed by atoms with Gasteiger partial charge in [0, 0.05) is 13.1 Å². The Hall–Kier alpha value is -0.880. The maximum atomic E-state index is 11.2. The van der Waals surface area contributed by atoms with Gasteiger partial charge in [0.1, 0.15) is 9.88 Å². The van der Waals surface area contributed by atoms with Gasteiger partial charge in [-0.1, -0.05) is 0 Å². The highest BCUT2D eigenvalue weighted by atomic mass is 32.2. The summed E-state index contributed by atoms with van der Waals surface area (Å²) in [6.07, 6.45) is 1.95. The third-order valence-electron chi connectivity index (χ3n) is 2.36. The molecule has 0 aliphatic carbocycles. The summed E-state index contributed by atoms with van der Waals surface area (Å²) in [6, 6.07) is 0. The molecule has 0 aromatic carbocycles. The number of rotatable bonds is 5. The molecule has 1 heterocycles. The maximum Gasteiger partial charge on any atom is 0.261 e. The number of carbonyl (C=O) groups is 1. The predicted octanol–water partition coefficient (Wildman–Crippen LogP) is 2.00. The van der Waals surface area contributed by atoms with E-state index in [-0.39, 0.29) is 0 Å². The number of nitrogens with two attached hydrogens (primary N) is 2. The summed E-state index contributed by atoms with van der Waals surface area (Å²) < 4.78 is 0. The van der Waals surface area contributed by atoms with Crippen molar-refractivity contribution in [3.63, 3.8) is 0 Å². The van der Waals surface area contributed by atoms with Gasteiger partial charge in [-0.25, -0.2) is 0 Å². The number of nitrogen functional groups attached to an aromatic ring is 1. The highest BCUT2D eigenvalue weighted by Gasteiger charge is 2.21. The van der Waals surface area contributed by atoms with Crippen molar-refractivity contribution in [1.82, 2.24) is 0 Å². The van der Waals surface area contributed by atoms with Crippen LogP contribution in [0.4, 0.5) is 10.7 Å². The van der Waals surface area contributed by atoms with Gasteiger partial charge >= 0.3 is 0 Å². The molecule has 0 unspecified atom stereocenters. The summed E-state index contributed by atoms with van der Waals surface area (Å²) in [5.41, 5.74) is 11.7. The van der Waals surface area contributed by atoms with Crippen LogP contribution in [0.25, 0.3) is 0 Å². The van der Waals surface area contributed by atoms with Crippen molar-refractivity contribution in [2.75, 3.05) is 30.0 Å². The second kappa shape index (κ2) is 5.45. The molecule has 0 spiro atoms. The molecular formula is C10H17N3OS2. The van der Waals surface area contributed by atoms with E-state index < -0.39 is 5.91 Å². The molecule has 6 heteroatoms. The van der Waals surface area contributed by atoms with Crippen LogP contribution in [0.2, 0.25) is 0 Å². The Bertz CT molecular complexity index is 386. The van der Waals surface area contributed by atoms with Crippen molar-refractivity contribution in [3.05, 3.63) is 4.88 Å². The first-order chi connectivity index (χ1) is 7.56. The number of hydrogen-bond donors (Lipinski definition) is 2. The zero-order valence-electron chi connectivity index (χ0n) is 9.74. The number of amides is 1. The smallest absolute Gasteiger partial charge is 0.261 e. The molecule has 0 aliphatic rings. The molecule has 0 bridgehead atoms. The average molecular weight is 259 g/mol. The molecule has 4 nitrogen and oxygen atoms in total. The van der Waals surface area contributed by atoms with E-state index in [0.717, 1.165) is 23.0 Å². The number of thiophene rings is 1. The van der Waals surface area contributed by atoms with E-state index in [1.165, 1.54) is 11.3 Å². The normalized spacial score (nSPS) is 10.4. The van der Waals surface area contributed by atoms with Gasteiger partial charge < -0.3 is 16.4 Å². The highest BCUT2D eigenvalue weighted by molar-refractivity contribution is 7.99. The van der Waals surface area contributed by atoms with Crippen LogP contribution in [0.3, 0.4) is 0 Å². The van der Waals surface area contributed by atoms with Crippen molar-refractivity contribution < 1.29 is 4.79 Å². The Kier molecular flexibility index (Phi) is 4.49. The fourth-order valence-corrected chi connectivity index (χ4v) is 3.68. The minimum Gasteiger partial charge on any atom is -0.396 e. The standard InChI is InChI=1S/C10H17N3OS2/c1-4-13(5-2)10-8(15-3)6(11)7(16-10)9(12)14/h4-5,11H2,1-3H3,(H2,12,14). The van der Waals surface area contributed by atoms with Crippen molar-refractivity contribution in [1.29, 1.82) is 0 Å². The van der Waals surface area contributed by atoms with Gasteiger partial charge in [-0.15, -0.1) is 23.1 Å². The Morgan fingerprint density at radius 2 is 2.00 bits per heavy atom. The van der Waals surface area contributed by atoms with Gasteiger partial charge in [-0.2, -0.15) is 0 Å². The van der Waals surface area contributed by atoms with Crippen molar-refractivity contribution >= 4 is 39.7 Å². The lowest BCUT2D eigenvalue weighted by atomic mass is 10.3. The molecule has 0 fully saturated rings. The zero-order chi connectivity index (χ0) is 12.3. The largest absolute Gasteiger partial charge is 0.396 e. The van der Waals surface area contributed by atoms with Gasteiger partial charge in [-0.3, -0.25) is 4.79 Å². The Labute approximate surface area is 104 Å². The fourth-order valence-electron chi connectivity index (χ4n) is 1.52. The summed E-state index contributed by atoms with van der Waals surface area (Å²) in [5.74, 6) is -0.448. The molecule has 4 N–H and O–H groups in total. The van der Waals surface area contributed by atoms with Crippen LogP contribution in [0, 0.1) is 0 Å². The summed E-state index contributed by atoms with van der Waals surface area (Å²) in [7, 11) is 0. The zero-order valence-corrected chi connectivity index (χ0v) is 11.4. The third kappa shape index (κ3) is 2.27. The monoisotopic (exact) mass is 259 g/mol.